The lowest BCUT2D eigenvalue weighted by atomic mass is 9.79. The zero-order chi connectivity index (χ0) is 28.2. The number of rotatable bonds is 6. The Hall–Kier alpha value is -4.45. The summed E-state index contributed by atoms with van der Waals surface area (Å²) < 4.78 is 0. The zero-order valence-electron chi connectivity index (χ0n) is 24.2. The first-order valence-electron chi connectivity index (χ1n) is 14.8. The Labute approximate surface area is 244 Å². The lowest BCUT2D eigenvalue weighted by molar-refractivity contribution is 0.751. The summed E-state index contributed by atoms with van der Waals surface area (Å²) in [4.78, 5) is 4.89. The summed E-state index contributed by atoms with van der Waals surface area (Å²) in [7, 11) is 0. The molecule has 1 heteroatoms. The number of benzene rings is 3. The van der Waals surface area contributed by atoms with Gasteiger partial charge in [-0.3, -0.25) is 4.99 Å². The van der Waals surface area contributed by atoms with Crippen LogP contribution in [0.3, 0.4) is 0 Å². The van der Waals surface area contributed by atoms with Crippen LogP contribution < -0.4 is 0 Å². The molecule has 3 aromatic carbocycles. The number of hydrogen-bond donors (Lipinski definition) is 0. The van der Waals surface area contributed by atoms with Crippen molar-refractivity contribution in [3.05, 3.63) is 161 Å². The molecule has 0 radical (unpaired) electrons. The number of nitrogens with zero attached hydrogens (tertiary/aromatic N) is 1. The van der Waals surface area contributed by atoms with Gasteiger partial charge in [0.1, 0.15) is 0 Å². The van der Waals surface area contributed by atoms with Crippen LogP contribution in [0.2, 0.25) is 0 Å². The molecule has 0 amide bonds. The number of hydrogen-bond acceptors (Lipinski definition) is 1. The maximum Gasteiger partial charge on any atom is 0.0633 e. The standard InChI is InChI=1S/C40H37N/c1-28-14-7-9-24-39(38-25-13-18-32-17-8-10-23-37(32)38)40(28)36-22-12-21-35(27-36)34-20-11-19-33(26-34)30(3)41-29(2)31-15-5-4-6-16-31/h4-8,10-11,13,15-21,23,25,27,34H,2,9,12,22,24,26H2,1,3H3. The Morgan fingerprint density at radius 3 is 2.61 bits per heavy atom. The molecule has 41 heavy (non-hydrogen) atoms. The highest BCUT2D eigenvalue weighted by Crippen LogP contribution is 2.41. The van der Waals surface area contributed by atoms with Gasteiger partial charge < -0.3 is 0 Å². The average molecular weight is 532 g/mol. The van der Waals surface area contributed by atoms with E-state index < -0.39 is 0 Å². The van der Waals surface area contributed by atoms with E-state index in [1.807, 2.05) is 18.2 Å². The van der Waals surface area contributed by atoms with Crippen LogP contribution in [0.15, 0.2) is 154 Å². The van der Waals surface area contributed by atoms with E-state index in [1.54, 1.807) is 0 Å². The maximum absolute atomic E-state index is 4.89. The molecule has 0 aromatic heterocycles. The van der Waals surface area contributed by atoms with Gasteiger partial charge in [-0.15, -0.1) is 5.73 Å². The van der Waals surface area contributed by atoms with Crippen molar-refractivity contribution < 1.29 is 0 Å². The molecule has 0 bridgehead atoms. The molecule has 0 fully saturated rings. The quantitative estimate of drug-likeness (QED) is 0.222. The Kier molecular flexibility index (Phi) is 7.81. The first kappa shape index (κ1) is 26.8. The van der Waals surface area contributed by atoms with Crippen molar-refractivity contribution >= 4 is 27.8 Å². The Bertz CT molecular complexity index is 1750. The third-order valence-corrected chi connectivity index (χ3v) is 8.49. The van der Waals surface area contributed by atoms with Gasteiger partial charge >= 0.3 is 0 Å². The molecule has 0 heterocycles. The summed E-state index contributed by atoms with van der Waals surface area (Å²) in [6.45, 7) is 8.58. The largest absolute Gasteiger partial charge is 0.253 e. The average Bonchev–Trinajstić information content (AvgIpc) is 3.22. The van der Waals surface area contributed by atoms with Gasteiger partial charge in [0.15, 0.2) is 0 Å². The van der Waals surface area contributed by atoms with Gasteiger partial charge in [-0.1, -0.05) is 110 Å². The topological polar surface area (TPSA) is 12.4 Å². The minimum absolute atomic E-state index is 0.340. The van der Waals surface area contributed by atoms with Crippen LogP contribution in [0.4, 0.5) is 0 Å². The lowest BCUT2D eigenvalue weighted by Crippen LogP contribution is -2.12. The van der Waals surface area contributed by atoms with E-state index in [2.05, 4.69) is 117 Å². The second-order valence-corrected chi connectivity index (χ2v) is 11.2. The highest BCUT2D eigenvalue weighted by molar-refractivity contribution is 6.01. The predicted molar refractivity (Wildman–Crippen MR) is 177 cm³/mol. The summed E-state index contributed by atoms with van der Waals surface area (Å²) in [5.74, 6) is 0.340. The first-order valence-corrected chi connectivity index (χ1v) is 14.8. The molecule has 1 nitrogen and oxygen atoms in total. The van der Waals surface area contributed by atoms with E-state index in [0.717, 1.165) is 49.1 Å². The fraction of sp³-hybridized carbons (Fsp3) is 0.200. The molecule has 3 aliphatic rings. The van der Waals surface area contributed by atoms with E-state index >= 15 is 0 Å². The van der Waals surface area contributed by atoms with E-state index in [4.69, 9.17) is 4.99 Å². The molecule has 0 spiro atoms. The Morgan fingerprint density at radius 2 is 1.73 bits per heavy atom. The van der Waals surface area contributed by atoms with Crippen molar-refractivity contribution in [2.45, 2.75) is 46.0 Å². The molecule has 0 saturated carbocycles. The van der Waals surface area contributed by atoms with Crippen molar-refractivity contribution in [2.24, 2.45) is 10.9 Å². The molecule has 6 rings (SSSR count). The molecule has 1 atom stereocenters. The maximum atomic E-state index is 4.89. The summed E-state index contributed by atoms with van der Waals surface area (Å²) in [6.07, 6.45) is 19.0. The van der Waals surface area contributed by atoms with E-state index in [-0.39, 0.29) is 0 Å². The summed E-state index contributed by atoms with van der Waals surface area (Å²) >= 11 is 0. The molecule has 202 valence electrons. The SMILES string of the molecule is C=C(N=C(C)C1=CC=CC(C2=CCCC(C3=C(c4cccc5ccccc45)CCC=C=C3C)=C2)C1)c1ccccc1. The van der Waals surface area contributed by atoms with Gasteiger partial charge in [0.25, 0.3) is 0 Å². The number of aliphatic imine (C=N–C) groups is 1. The van der Waals surface area contributed by atoms with Crippen LogP contribution in [-0.2, 0) is 0 Å². The minimum atomic E-state index is 0.340. The van der Waals surface area contributed by atoms with E-state index in [1.165, 1.54) is 49.8 Å². The van der Waals surface area contributed by atoms with Gasteiger partial charge in [0, 0.05) is 11.6 Å². The van der Waals surface area contributed by atoms with E-state index in [9.17, 15) is 0 Å². The van der Waals surface area contributed by atoms with Crippen molar-refractivity contribution in [1.29, 1.82) is 0 Å². The third-order valence-electron chi connectivity index (χ3n) is 8.49. The zero-order valence-corrected chi connectivity index (χ0v) is 24.2. The molecule has 0 N–H and O–H groups in total. The van der Waals surface area contributed by atoms with Crippen LogP contribution in [0.5, 0.6) is 0 Å². The van der Waals surface area contributed by atoms with E-state index in [0.29, 0.717) is 5.92 Å². The number of fused-ring (bicyclic) bond motifs is 1. The lowest BCUT2D eigenvalue weighted by Gasteiger charge is -2.25. The van der Waals surface area contributed by atoms with Crippen LogP contribution >= 0.6 is 0 Å². The summed E-state index contributed by atoms with van der Waals surface area (Å²) in [5, 5.41) is 2.63. The fourth-order valence-electron chi connectivity index (χ4n) is 6.39. The normalized spacial score (nSPS) is 19.4. The van der Waals surface area contributed by atoms with Crippen molar-refractivity contribution in [3.63, 3.8) is 0 Å². The van der Waals surface area contributed by atoms with Crippen molar-refractivity contribution in [1.82, 2.24) is 0 Å². The summed E-state index contributed by atoms with van der Waals surface area (Å²) in [6, 6.07) is 25.7. The van der Waals surface area contributed by atoms with Crippen molar-refractivity contribution in [3.8, 4) is 0 Å². The smallest absolute Gasteiger partial charge is 0.0633 e. The minimum Gasteiger partial charge on any atom is -0.253 e. The monoisotopic (exact) mass is 531 g/mol. The highest BCUT2D eigenvalue weighted by Gasteiger charge is 2.23. The second-order valence-electron chi connectivity index (χ2n) is 11.2. The van der Waals surface area contributed by atoms with Crippen LogP contribution in [-0.4, -0.2) is 5.71 Å². The van der Waals surface area contributed by atoms with Crippen molar-refractivity contribution in [2.75, 3.05) is 0 Å². The predicted octanol–water partition coefficient (Wildman–Crippen LogP) is 10.8. The van der Waals surface area contributed by atoms with Gasteiger partial charge in [-0.05, 0) is 107 Å². The summed E-state index contributed by atoms with van der Waals surface area (Å²) in [5.41, 5.74) is 16.1. The Balaban J connectivity index is 1.32. The number of allylic oxidation sites excluding steroid dienone is 11. The van der Waals surface area contributed by atoms with Crippen LogP contribution in [0.25, 0.3) is 22.0 Å². The van der Waals surface area contributed by atoms with Gasteiger partial charge in [0.05, 0.1) is 5.70 Å². The van der Waals surface area contributed by atoms with Crippen LogP contribution in [0, 0.1) is 5.92 Å². The third kappa shape index (κ3) is 5.73. The fourth-order valence-corrected chi connectivity index (χ4v) is 6.39. The highest BCUT2D eigenvalue weighted by atomic mass is 14.8. The second kappa shape index (κ2) is 12.0. The molecule has 0 saturated heterocycles. The molecular weight excluding hydrogens is 494 g/mol. The molecular formula is C40H37N. The van der Waals surface area contributed by atoms with Gasteiger partial charge in [-0.25, -0.2) is 0 Å². The van der Waals surface area contributed by atoms with Crippen LogP contribution in [0.1, 0.15) is 57.1 Å². The Morgan fingerprint density at radius 1 is 0.927 bits per heavy atom. The molecule has 3 aliphatic carbocycles. The van der Waals surface area contributed by atoms with Gasteiger partial charge in [-0.2, -0.15) is 0 Å². The van der Waals surface area contributed by atoms with Gasteiger partial charge in [0.2, 0.25) is 0 Å². The first-order chi connectivity index (χ1) is 20.1. The molecule has 3 aromatic rings. The molecule has 0 aliphatic heterocycles. The molecule has 1 unspecified atom stereocenters.